The quantitative estimate of drug-likeness (QED) is 0.547. The number of hydrogen-bond donors (Lipinski definition) is 1. The first kappa shape index (κ1) is 9.95. The van der Waals surface area contributed by atoms with E-state index in [2.05, 4.69) is 10.5 Å². The highest BCUT2D eigenvalue weighted by Crippen LogP contribution is 2.12. The molecule has 0 aliphatic carbocycles. The number of pyridine rings is 1. The van der Waals surface area contributed by atoms with Gasteiger partial charge >= 0.3 is 0 Å². The summed E-state index contributed by atoms with van der Waals surface area (Å²) in [5, 5.41) is 0. The first-order chi connectivity index (χ1) is 6.38. The van der Waals surface area contributed by atoms with Gasteiger partial charge in [-0.15, -0.1) is 0 Å². The number of ether oxygens (including phenoxy) is 1. The maximum atomic E-state index is 5.07. The molecule has 4 heteroatoms. The molecule has 1 aromatic heterocycles. The van der Waals surface area contributed by atoms with Crippen LogP contribution in [0.4, 0.5) is 0 Å². The van der Waals surface area contributed by atoms with E-state index >= 15 is 0 Å². The van der Waals surface area contributed by atoms with E-state index in [-0.39, 0.29) is 0 Å². The Kier molecular flexibility index (Phi) is 4.21. The monoisotopic (exact) mass is 182 g/mol. The Balaban J connectivity index is 2.54. The fraction of sp³-hybridized carbons (Fsp3) is 0.444. The van der Waals surface area contributed by atoms with Gasteiger partial charge in [0, 0.05) is 11.8 Å². The summed E-state index contributed by atoms with van der Waals surface area (Å²) in [5.74, 6) is 0.634. The highest BCUT2D eigenvalue weighted by molar-refractivity contribution is 5.24. The van der Waals surface area contributed by atoms with E-state index in [4.69, 9.17) is 9.57 Å². The van der Waals surface area contributed by atoms with E-state index in [1.807, 2.05) is 19.1 Å². The predicted octanol–water partition coefficient (Wildman–Crippen LogP) is 1.13. The Labute approximate surface area is 77.8 Å². The molecule has 0 atom stereocenters. The van der Waals surface area contributed by atoms with E-state index in [0.717, 1.165) is 5.56 Å². The second-order valence-electron chi connectivity index (χ2n) is 2.43. The molecular formula is C9H14N2O2. The zero-order chi connectivity index (χ0) is 9.52. The lowest BCUT2D eigenvalue weighted by atomic mass is 10.3. The molecule has 1 heterocycles. The highest BCUT2D eigenvalue weighted by Gasteiger charge is 2.01. The molecule has 0 saturated carbocycles. The van der Waals surface area contributed by atoms with Crippen molar-refractivity contribution in [3.8, 4) is 5.88 Å². The fourth-order valence-corrected chi connectivity index (χ4v) is 0.973. The molecule has 1 rings (SSSR count). The molecule has 0 bridgehead atoms. The molecule has 0 amide bonds. The van der Waals surface area contributed by atoms with Crippen LogP contribution in [0.15, 0.2) is 18.3 Å². The number of hydroxylamine groups is 1. The van der Waals surface area contributed by atoms with Crippen molar-refractivity contribution >= 4 is 0 Å². The van der Waals surface area contributed by atoms with Gasteiger partial charge in [-0.2, -0.15) is 5.48 Å². The summed E-state index contributed by atoms with van der Waals surface area (Å²) in [5.41, 5.74) is 3.79. The summed E-state index contributed by atoms with van der Waals surface area (Å²) in [7, 11) is 1.60. The standard InChI is InChI=1S/C9H14N2O2/c1-3-13-11-7-8-5-4-6-10-9(8)12-2/h4-6,11H,3,7H2,1-2H3. The first-order valence-corrected chi connectivity index (χ1v) is 4.21. The van der Waals surface area contributed by atoms with Crippen molar-refractivity contribution in [2.24, 2.45) is 0 Å². The molecule has 0 fully saturated rings. The molecule has 1 aromatic rings. The molecular weight excluding hydrogens is 168 g/mol. The lowest BCUT2D eigenvalue weighted by molar-refractivity contribution is 0.0458. The highest BCUT2D eigenvalue weighted by atomic mass is 16.6. The largest absolute Gasteiger partial charge is 0.481 e. The second-order valence-corrected chi connectivity index (χ2v) is 2.43. The van der Waals surface area contributed by atoms with Gasteiger partial charge in [-0.05, 0) is 13.0 Å². The molecule has 0 saturated heterocycles. The van der Waals surface area contributed by atoms with Gasteiger partial charge in [-0.25, -0.2) is 4.98 Å². The SMILES string of the molecule is CCONCc1cccnc1OC. The molecule has 13 heavy (non-hydrogen) atoms. The van der Waals surface area contributed by atoms with Crippen molar-refractivity contribution in [1.29, 1.82) is 0 Å². The molecule has 0 spiro atoms. The number of hydrogen-bond acceptors (Lipinski definition) is 4. The molecule has 0 aromatic carbocycles. The lowest BCUT2D eigenvalue weighted by Crippen LogP contribution is -2.14. The van der Waals surface area contributed by atoms with Crippen molar-refractivity contribution < 1.29 is 9.57 Å². The minimum Gasteiger partial charge on any atom is -0.481 e. The first-order valence-electron chi connectivity index (χ1n) is 4.21. The molecule has 1 N–H and O–H groups in total. The van der Waals surface area contributed by atoms with Gasteiger partial charge in [0.1, 0.15) is 0 Å². The molecule has 72 valence electrons. The van der Waals surface area contributed by atoms with Crippen molar-refractivity contribution in [2.75, 3.05) is 13.7 Å². The topological polar surface area (TPSA) is 43.4 Å². The number of aromatic nitrogens is 1. The van der Waals surface area contributed by atoms with Gasteiger partial charge in [-0.3, -0.25) is 0 Å². The van der Waals surface area contributed by atoms with Gasteiger partial charge in [0.05, 0.1) is 20.3 Å². The zero-order valence-corrected chi connectivity index (χ0v) is 7.91. The summed E-state index contributed by atoms with van der Waals surface area (Å²) in [6.45, 7) is 3.17. The Morgan fingerprint density at radius 2 is 2.38 bits per heavy atom. The van der Waals surface area contributed by atoms with Gasteiger partial charge in [0.2, 0.25) is 5.88 Å². The number of methoxy groups -OCH3 is 1. The maximum absolute atomic E-state index is 5.07. The summed E-state index contributed by atoms with van der Waals surface area (Å²) < 4.78 is 5.07. The van der Waals surface area contributed by atoms with Gasteiger partial charge in [0.15, 0.2) is 0 Å². The molecule has 0 aliphatic heterocycles. The molecule has 0 radical (unpaired) electrons. The van der Waals surface area contributed by atoms with Crippen LogP contribution in [0.2, 0.25) is 0 Å². The Morgan fingerprint density at radius 3 is 3.08 bits per heavy atom. The second kappa shape index (κ2) is 5.50. The third-order valence-electron chi connectivity index (χ3n) is 1.55. The van der Waals surface area contributed by atoms with Crippen LogP contribution in [-0.2, 0) is 11.4 Å². The average molecular weight is 182 g/mol. The third kappa shape index (κ3) is 3.01. The van der Waals surface area contributed by atoms with Crippen molar-refractivity contribution in [3.05, 3.63) is 23.9 Å². The summed E-state index contributed by atoms with van der Waals surface area (Å²) in [6, 6.07) is 3.81. The average Bonchev–Trinajstić information content (AvgIpc) is 2.19. The van der Waals surface area contributed by atoms with Gasteiger partial charge in [0.25, 0.3) is 0 Å². The van der Waals surface area contributed by atoms with Crippen LogP contribution in [0.25, 0.3) is 0 Å². The van der Waals surface area contributed by atoms with E-state index in [9.17, 15) is 0 Å². The van der Waals surface area contributed by atoms with Gasteiger partial charge in [-0.1, -0.05) is 6.07 Å². The minimum absolute atomic E-state index is 0.602. The smallest absolute Gasteiger partial charge is 0.217 e. The lowest BCUT2D eigenvalue weighted by Gasteiger charge is -2.07. The van der Waals surface area contributed by atoms with Crippen LogP contribution in [-0.4, -0.2) is 18.7 Å². The van der Waals surface area contributed by atoms with Crippen LogP contribution < -0.4 is 10.2 Å². The third-order valence-corrected chi connectivity index (χ3v) is 1.55. The summed E-state index contributed by atoms with van der Waals surface area (Å²) >= 11 is 0. The van der Waals surface area contributed by atoms with Crippen molar-refractivity contribution in [1.82, 2.24) is 10.5 Å². The maximum Gasteiger partial charge on any atom is 0.217 e. The van der Waals surface area contributed by atoms with E-state index in [0.29, 0.717) is 19.0 Å². The molecule has 0 aliphatic rings. The van der Waals surface area contributed by atoms with Crippen LogP contribution in [0.1, 0.15) is 12.5 Å². The number of nitrogens with zero attached hydrogens (tertiary/aromatic N) is 1. The number of rotatable bonds is 5. The minimum atomic E-state index is 0.602. The molecule has 0 unspecified atom stereocenters. The fourth-order valence-electron chi connectivity index (χ4n) is 0.973. The van der Waals surface area contributed by atoms with E-state index < -0.39 is 0 Å². The predicted molar refractivity (Wildman–Crippen MR) is 49.3 cm³/mol. The van der Waals surface area contributed by atoms with E-state index in [1.165, 1.54) is 0 Å². The summed E-state index contributed by atoms with van der Waals surface area (Å²) in [6.07, 6.45) is 1.70. The normalized spacial score (nSPS) is 10.0. The Bertz CT molecular complexity index is 253. The van der Waals surface area contributed by atoms with Crippen molar-refractivity contribution in [2.45, 2.75) is 13.5 Å². The molecule has 4 nitrogen and oxygen atoms in total. The van der Waals surface area contributed by atoms with E-state index in [1.54, 1.807) is 13.3 Å². The van der Waals surface area contributed by atoms with Crippen LogP contribution in [0.5, 0.6) is 5.88 Å². The Morgan fingerprint density at radius 1 is 1.54 bits per heavy atom. The van der Waals surface area contributed by atoms with Crippen LogP contribution >= 0.6 is 0 Å². The number of nitrogens with one attached hydrogen (secondary N) is 1. The van der Waals surface area contributed by atoms with Crippen LogP contribution in [0, 0.1) is 0 Å². The zero-order valence-electron chi connectivity index (χ0n) is 7.91. The van der Waals surface area contributed by atoms with Crippen LogP contribution in [0.3, 0.4) is 0 Å². The summed E-state index contributed by atoms with van der Waals surface area (Å²) in [4.78, 5) is 9.06. The Hall–Kier alpha value is -1.13. The van der Waals surface area contributed by atoms with Gasteiger partial charge < -0.3 is 9.57 Å². The van der Waals surface area contributed by atoms with Crippen molar-refractivity contribution in [3.63, 3.8) is 0 Å².